The molecule has 0 aromatic heterocycles. The lowest BCUT2D eigenvalue weighted by atomic mass is 9.87. The first-order valence-corrected chi connectivity index (χ1v) is 7.60. The molecule has 6 nitrogen and oxygen atoms in total. The average molecular weight is 327 g/mol. The van der Waals surface area contributed by atoms with Crippen LogP contribution in [0.3, 0.4) is 0 Å². The second-order valence-corrected chi connectivity index (χ2v) is 6.52. The maximum absolute atomic E-state index is 12.3. The van der Waals surface area contributed by atoms with Gasteiger partial charge in [-0.15, -0.1) is 0 Å². The highest BCUT2D eigenvalue weighted by Crippen LogP contribution is 2.26. The zero-order chi connectivity index (χ0) is 17.9. The number of nitrogens with one attached hydrogen (secondary N) is 2. The Morgan fingerprint density at radius 2 is 1.71 bits per heavy atom. The van der Waals surface area contributed by atoms with Crippen molar-refractivity contribution in [2.75, 3.05) is 17.7 Å². The van der Waals surface area contributed by atoms with E-state index in [0.717, 1.165) is 5.56 Å². The van der Waals surface area contributed by atoms with Crippen LogP contribution >= 0.6 is 0 Å². The first-order valence-electron chi connectivity index (χ1n) is 7.60. The molecule has 0 fully saturated rings. The Bertz CT molecular complexity index is 762. The molecule has 0 bridgehead atoms. The third-order valence-electron chi connectivity index (χ3n) is 3.73. The van der Waals surface area contributed by atoms with E-state index in [1.807, 2.05) is 24.3 Å². The Morgan fingerprint density at radius 1 is 1.08 bits per heavy atom. The molecule has 24 heavy (non-hydrogen) atoms. The van der Waals surface area contributed by atoms with Gasteiger partial charge in [-0.25, -0.2) is 0 Å². The van der Waals surface area contributed by atoms with Crippen molar-refractivity contribution < 1.29 is 9.72 Å². The van der Waals surface area contributed by atoms with Crippen LogP contribution in [0.15, 0.2) is 42.5 Å². The fourth-order valence-corrected chi connectivity index (χ4v) is 2.29. The van der Waals surface area contributed by atoms with Gasteiger partial charge in [-0.1, -0.05) is 32.9 Å². The van der Waals surface area contributed by atoms with Crippen molar-refractivity contribution >= 4 is 23.0 Å². The van der Waals surface area contributed by atoms with E-state index in [-0.39, 0.29) is 22.6 Å². The quantitative estimate of drug-likeness (QED) is 0.651. The van der Waals surface area contributed by atoms with Crippen molar-refractivity contribution in [3.05, 3.63) is 63.7 Å². The van der Waals surface area contributed by atoms with E-state index in [9.17, 15) is 14.9 Å². The molecule has 2 rings (SSSR count). The Hall–Kier alpha value is -2.89. The number of amides is 1. The second kappa shape index (κ2) is 6.70. The molecule has 1 amide bonds. The molecular weight excluding hydrogens is 306 g/mol. The van der Waals surface area contributed by atoms with Crippen LogP contribution in [-0.2, 0) is 5.41 Å². The van der Waals surface area contributed by atoms with Crippen LogP contribution in [0.2, 0.25) is 0 Å². The van der Waals surface area contributed by atoms with Gasteiger partial charge < -0.3 is 10.6 Å². The zero-order valence-electron chi connectivity index (χ0n) is 14.2. The third kappa shape index (κ3) is 3.90. The highest BCUT2D eigenvalue weighted by Gasteiger charge is 2.17. The van der Waals surface area contributed by atoms with Crippen molar-refractivity contribution in [1.82, 2.24) is 0 Å². The number of nitro groups is 1. The highest BCUT2D eigenvalue weighted by molar-refractivity contribution is 6.05. The van der Waals surface area contributed by atoms with Gasteiger partial charge in [-0.2, -0.15) is 0 Å². The summed E-state index contributed by atoms with van der Waals surface area (Å²) in [4.78, 5) is 22.9. The van der Waals surface area contributed by atoms with Gasteiger partial charge in [-0.3, -0.25) is 14.9 Å². The van der Waals surface area contributed by atoms with Gasteiger partial charge in [0.25, 0.3) is 11.6 Å². The average Bonchev–Trinajstić information content (AvgIpc) is 2.53. The summed E-state index contributed by atoms with van der Waals surface area (Å²) in [6, 6.07) is 11.9. The summed E-state index contributed by atoms with van der Waals surface area (Å²) in [6.45, 7) is 6.34. The number of nitrogens with zero attached hydrogens (tertiary/aromatic N) is 1. The minimum absolute atomic E-state index is 0.0339. The van der Waals surface area contributed by atoms with E-state index in [0.29, 0.717) is 11.4 Å². The molecule has 0 heterocycles. The van der Waals surface area contributed by atoms with E-state index >= 15 is 0 Å². The van der Waals surface area contributed by atoms with Crippen molar-refractivity contribution in [3.63, 3.8) is 0 Å². The first-order chi connectivity index (χ1) is 11.2. The summed E-state index contributed by atoms with van der Waals surface area (Å²) in [5, 5.41) is 16.6. The monoisotopic (exact) mass is 327 g/mol. The summed E-state index contributed by atoms with van der Waals surface area (Å²) in [5.74, 6) is -0.385. The van der Waals surface area contributed by atoms with Gasteiger partial charge in [0, 0.05) is 24.4 Å². The molecule has 2 aromatic carbocycles. The van der Waals surface area contributed by atoms with Gasteiger partial charge in [-0.05, 0) is 35.2 Å². The Labute approximate surface area is 141 Å². The molecule has 0 unspecified atom stereocenters. The minimum Gasteiger partial charge on any atom is -0.383 e. The van der Waals surface area contributed by atoms with Crippen molar-refractivity contribution in [2.45, 2.75) is 26.2 Å². The molecular formula is C18H21N3O3. The molecule has 2 N–H and O–H groups in total. The van der Waals surface area contributed by atoms with Gasteiger partial charge in [0.2, 0.25) is 0 Å². The molecule has 2 aromatic rings. The maximum atomic E-state index is 12.3. The normalized spacial score (nSPS) is 11.0. The molecule has 0 aliphatic rings. The number of benzene rings is 2. The standard InChI is InChI=1S/C18H21N3O3/c1-18(2,3)13-6-8-14(9-7-13)20-17(22)12-5-10-15(19-4)16(11-12)21(23)24/h5-11,19H,1-4H3,(H,20,22). The third-order valence-corrected chi connectivity index (χ3v) is 3.73. The Morgan fingerprint density at radius 3 is 2.21 bits per heavy atom. The van der Waals surface area contributed by atoms with E-state index in [1.165, 1.54) is 12.1 Å². The van der Waals surface area contributed by atoms with Crippen LogP contribution in [0.5, 0.6) is 0 Å². The number of nitro benzene ring substituents is 1. The molecule has 0 saturated heterocycles. The number of hydrogen-bond acceptors (Lipinski definition) is 4. The molecule has 0 radical (unpaired) electrons. The van der Waals surface area contributed by atoms with Gasteiger partial charge in [0.15, 0.2) is 0 Å². The second-order valence-electron chi connectivity index (χ2n) is 6.52. The minimum atomic E-state index is -0.513. The van der Waals surface area contributed by atoms with Gasteiger partial charge in [0.1, 0.15) is 5.69 Å². The summed E-state index contributed by atoms with van der Waals surface area (Å²) < 4.78 is 0. The van der Waals surface area contributed by atoms with Gasteiger partial charge >= 0.3 is 0 Å². The maximum Gasteiger partial charge on any atom is 0.293 e. The lowest BCUT2D eigenvalue weighted by Crippen LogP contribution is -2.14. The fraction of sp³-hybridized carbons (Fsp3) is 0.278. The predicted octanol–water partition coefficient (Wildman–Crippen LogP) is 4.19. The number of anilines is 2. The SMILES string of the molecule is CNc1ccc(C(=O)Nc2ccc(C(C)(C)C)cc2)cc1[N+](=O)[O-]. The lowest BCUT2D eigenvalue weighted by Gasteiger charge is -2.19. The number of hydrogen-bond donors (Lipinski definition) is 2. The summed E-state index contributed by atoms with van der Waals surface area (Å²) in [5.41, 5.74) is 2.31. The molecule has 0 spiro atoms. The van der Waals surface area contributed by atoms with Crippen LogP contribution in [0.1, 0.15) is 36.7 Å². The van der Waals surface area contributed by atoms with Crippen LogP contribution in [0.25, 0.3) is 0 Å². The lowest BCUT2D eigenvalue weighted by molar-refractivity contribution is -0.384. The summed E-state index contributed by atoms with van der Waals surface area (Å²) in [7, 11) is 1.60. The summed E-state index contributed by atoms with van der Waals surface area (Å²) in [6.07, 6.45) is 0. The van der Waals surface area contributed by atoms with Crippen molar-refractivity contribution in [1.29, 1.82) is 0 Å². The van der Waals surface area contributed by atoms with Crippen LogP contribution in [0, 0.1) is 10.1 Å². The van der Waals surface area contributed by atoms with E-state index in [1.54, 1.807) is 13.1 Å². The van der Waals surface area contributed by atoms with Crippen molar-refractivity contribution in [2.24, 2.45) is 0 Å². The van der Waals surface area contributed by atoms with Crippen LogP contribution in [-0.4, -0.2) is 17.9 Å². The highest BCUT2D eigenvalue weighted by atomic mass is 16.6. The zero-order valence-corrected chi connectivity index (χ0v) is 14.2. The Balaban J connectivity index is 2.21. The van der Waals surface area contributed by atoms with E-state index in [2.05, 4.69) is 31.4 Å². The first kappa shape index (κ1) is 17.5. The van der Waals surface area contributed by atoms with Crippen molar-refractivity contribution in [3.8, 4) is 0 Å². The topological polar surface area (TPSA) is 84.3 Å². The largest absolute Gasteiger partial charge is 0.383 e. The van der Waals surface area contributed by atoms with Crippen LogP contribution in [0.4, 0.5) is 17.1 Å². The fourth-order valence-electron chi connectivity index (χ4n) is 2.29. The molecule has 6 heteroatoms. The number of rotatable bonds is 4. The smallest absolute Gasteiger partial charge is 0.293 e. The van der Waals surface area contributed by atoms with E-state index in [4.69, 9.17) is 0 Å². The Kier molecular flexibility index (Phi) is 4.87. The molecule has 0 aliphatic heterocycles. The molecule has 0 saturated carbocycles. The molecule has 126 valence electrons. The predicted molar refractivity (Wildman–Crippen MR) is 95.7 cm³/mol. The molecule has 0 aliphatic carbocycles. The summed E-state index contributed by atoms with van der Waals surface area (Å²) >= 11 is 0. The van der Waals surface area contributed by atoms with Gasteiger partial charge in [0.05, 0.1) is 4.92 Å². The van der Waals surface area contributed by atoms with E-state index < -0.39 is 4.92 Å². The number of carbonyl (C=O) groups excluding carboxylic acids is 1. The van der Waals surface area contributed by atoms with Crippen LogP contribution < -0.4 is 10.6 Å². The molecule has 0 atom stereocenters. The number of carbonyl (C=O) groups is 1.